The summed E-state index contributed by atoms with van der Waals surface area (Å²) in [5.74, 6) is 0. The van der Waals surface area contributed by atoms with Gasteiger partial charge >= 0.3 is 0 Å². The standard InChI is InChI=1S/C19H20N4/c1-14-9-7-8-12-19(14)21-20-13-18-15(2)22-23(16(18)3)17-10-5-4-6-11-17/h4-13,21H,1-3H3/b20-13+. The van der Waals surface area contributed by atoms with E-state index in [-0.39, 0.29) is 0 Å². The van der Waals surface area contributed by atoms with Crippen LogP contribution in [0.25, 0.3) is 5.69 Å². The zero-order valence-corrected chi connectivity index (χ0v) is 13.6. The van der Waals surface area contributed by atoms with Gasteiger partial charge < -0.3 is 0 Å². The summed E-state index contributed by atoms with van der Waals surface area (Å²) in [4.78, 5) is 0. The SMILES string of the molecule is Cc1ccccc1N/N=C/c1c(C)nn(-c2ccccc2)c1C. The van der Waals surface area contributed by atoms with Crippen molar-refractivity contribution in [1.29, 1.82) is 0 Å². The number of nitrogens with one attached hydrogen (secondary N) is 1. The van der Waals surface area contributed by atoms with Gasteiger partial charge in [0, 0.05) is 5.56 Å². The van der Waals surface area contributed by atoms with E-state index in [1.165, 1.54) is 0 Å². The molecule has 0 radical (unpaired) electrons. The van der Waals surface area contributed by atoms with E-state index in [1.807, 2.05) is 66.4 Å². The van der Waals surface area contributed by atoms with Crippen LogP contribution in [0.15, 0.2) is 59.7 Å². The van der Waals surface area contributed by atoms with E-state index < -0.39 is 0 Å². The van der Waals surface area contributed by atoms with Gasteiger partial charge in [-0.3, -0.25) is 5.43 Å². The predicted molar refractivity (Wildman–Crippen MR) is 95.4 cm³/mol. The van der Waals surface area contributed by atoms with Gasteiger partial charge in [0.2, 0.25) is 0 Å². The zero-order chi connectivity index (χ0) is 16.2. The molecule has 3 aromatic rings. The Bertz CT molecular complexity index is 832. The summed E-state index contributed by atoms with van der Waals surface area (Å²) in [5, 5.41) is 8.99. The van der Waals surface area contributed by atoms with Gasteiger partial charge in [-0.15, -0.1) is 0 Å². The summed E-state index contributed by atoms with van der Waals surface area (Å²) in [6, 6.07) is 18.2. The number of hydrogen-bond donors (Lipinski definition) is 1. The summed E-state index contributed by atoms with van der Waals surface area (Å²) >= 11 is 0. The highest BCUT2D eigenvalue weighted by atomic mass is 15.3. The van der Waals surface area contributed by atoms with E-state index in [4.69, 9.17) is 0 Å². The third-order valence-corrected chi connectivity index (χ3v) is 3.87. The lowest BCUT2D eigenvalue weighted by Gasteiger charge is -2.04. The molecule has 0 spiro atoms. The molecule has 0 aliphatic heterocycles. The van der Waals surface area contributed by atoms with Crippen LogP contribution in [0.3, 0.4) is 0 Å². The zero-order valence-electron chi connectivity index (χ0n) is 13.6. The van der Waals surface area contributed by atoms with Crippen molar-refractivity contribution < 1.29 is 0 Å². The average molecular weight is 304 g/mol. The van der Waals surface area contributed by atoms with Crippen LogP contribution in [0.5, 0.6) is 0 Å². The molecule has 23 heavy (non-hydrogen) atoms. The highest BCUT2D eigenvalue weighted by Crippen LogP contribution is 2.17. The van der Waals surface area contributed by atoms with Crippen molar-refractivity contribution in [2.24, 2.45) is 5.10 Å². The molecule has 3 rings (SSSR count). The Kier molecular flexibility index (Phi) is 4.24. The van der Waals surface area contributed by atoms with Gasteiger partial charge in [0.05, 0.1) is 29.0 Å². The molecule has 4 nitrogen and oxygen atoms in total. The second kappa shape index (κ2) is 6.48. The molecule has 2 aromatic carbocycles. The molecule has 0 aliphatic rings. The number of hydrazone groups is 1. The lowest BCUT2D eigenvalue weighted by Crippen LogP contribution is -1.99. The van der Waals surface area contributed by atoms with Crippen molar-refractivity contribution in [3.05, 3.63) is 77.1 Å². The number of anilines is 1. The largest absolute Gasteiger partial charge is 0.278 e. The molecule has 116 valence electrons. The van der Waals surface area contributed by atoms with E-state index in [0.29, 0.717) is 0 Å². The van der Waals surface area contributed by atoms with Gasteiger partial charge in [0.15, 0.2) is 0 Å². The third kappa shape index (κ3) is 3.16. The Morgan fingerprint density at radius 3 is 2.39 bits per heavy atom. The Morgan fingerprint density at radius 1 is 0.957 bits per heavy atom. The monoisotopic (exact) mass is 304 g/mol. The second-order valence-electron chi connectivity index (χ2n) is 5.52. The Hall–Kier alpha value is -2.88. The first-order chi connectivity index (χ1) is 11.2. The third-order valence-electron chi connectivity index (χ3n) is 3.87. The minimum Gasteiger partial charge on any atom is -0.278 e. The minimum absolute atomic E-state index is 0.960. The number of benzene rings is 2. The first kappa shape index (κ1) is 15.0. The van der Waals surface area contributed by atoms with E-state index in [0.717, 1.165) is 33.9 Å². The van der Waals surface area contributed by atoms with Gasteiger partial charge in [-0.1, -0.05) is 36.4 Å². The lowest BCUT2D eigenvalue weighted by molar-refractivity contribution is 0.833. The van der Waals surface area contributed by atoms with Crippen LogP contribution in [0, 0.1) is 20.8 Å². The summed E-state index contributed by atoms with van der Waals surface area (Å²) in [6.45, 7) is 6.12. The molecule has 0 saturated heterocycles. The van der Waals surface area contributed by atoms with Gasteiger partial charge in [0.25, 0.3) is 0 Å². The molecule has 0 amide bonds. The number of rotatable bonds is 4. The minimum atomic E-state index is 0.960. The highest BCUT2D eigenvalue weighted by Gasteiger charge is 2.10. The Morgan fingerprint density at radius 2 is 1.65 bits per heavy atom. The van der Waals surface area contributed by atoms with Crippen LogP contribution in [0.2, 0.25) is 0 Å². The van der Waals surface area contributed by atoms with E-state index >= 15 is 0 Å². The summed E-state index contributed by atoms with van der Waals surface area (Å²) in [6.07, 6.45) is 1.84. The van der Waals surface area contributed by atoms with Crippen molar-refractivity contribution in [3.8, 4) is 5.69 Å². The Balaban J connectivity index is 1.85. The van der Waals surface area contributed by atoms with Crippen molar-refractivity contribution >= 4 is 11.9 Å². The van der Waals surface area contributed by atoms with Crippen LogP contribution in [0.4, 0.5) is 5.69 Å². The van der Waals surface area contributed by atoms with E-state index in [9.17, 15) is 0 Å². The van der Waals surface area contributed by atoms with Crippen molar-refractivity contribution in [2.45, 2.75) is 20.8 Å². The highest BCUT2D eigenvalue weighted by molar-refractivity contribution is 5.83. The van der Waals surface area contributed by atoms with Crippen LogP contribution in [0.1, 0.15) is 22.5 Å². The van der Waals surface area contributed by atoms with Crippen molar-refractivity contribution in [1.82, 2.24) is 9.78 Å². The molecule has 4 heteroatoms. The topological polar surface area (TPSA) is 42.2 Å². The first-order valence-electron chi connectivity index (χ1n) is 7.63. The smallest absolute Gasteiger partial charge is 0.0689 e. The van der Waals surface area contributed by atoms with Crippen LogP contribution >= 0.6 is 0 Å². The van der Waals surface area contributed by atoms with Gasteiger partial charge in [0.1, 0.15) is 0 Å². The fourth-order valence-electron chi connectivity index (χ4n) is 2.53. The molecule has 1 heterocycles. The number of para-hydroxylation sites is 2. The van der Waals surface area contributed by atoms with Gasteiger partial charge in [-0.25, -0.2) is 4.68 Å². The summed E-state index contributed by atoms with van der Waals surface area (Å²) in [5.41, 5.74) is 9.40. The molecular formula is C19H20N4. The normalized spacial score (nSPS) is 11.1. The average Bonchev–Trinajstić information content (AvgIpc) is 2.85. The molecule has 0 aliphatic carbocycles. The maximum absolute atomic E-state index is 4.62. The summed E-state index contributed by atoms with van der Waals surface area (Å²) < 4.78 is 1.95. The fraction of sp³-hybridized carbons (Fsp3) is 0.158. The first-order valence-corrected chi connectivity index (χ1v) is 7.63. The quantitative estimate of drug-likeness (QED) is 0.578. The van der Waals surface area contributed by atoms with E-state index in [2.05, 4.69) is 35.5 Å². The molecule has 1 N–H and O–H groups in total. The molecule has 1 aromatic heterocycles. The molecule has 0 bridgehead atoms. The molecule has 0 saturated carbocycles. The van der Waals surface area contributed by atoms with Crippen LogP contribution in [-0.4, -0.2) is 16.0 Å². The van der Waals surface area contributed by atoms with Crippen molar-refractivity contribution in [3.63, 3.8) is 0 Å². The fourth-order valence-corrected chi connectivity index (χ4v) is 2.53. The maximum Gasteiger partial charge on any atom is 0.0689 e. The lowest BCUT2D eigenvalue weighted by atomic mass is 10.2. The second-order valence-corrected chi connectivity index (χ2v) is 5.52. The van der Waals surface area contributed by atoms with Gasteiger partial charge in [-0.05, 0) is 44.5 Å². The number of nitrogens with zero attached hydrogens (tertiary/aromatic N) is 3. The van der Waals surface area contributed by atoms with Gasteiger partial charge in [-0.2, -0.15) is 10.2 Å². The summed E-state index contributed by atoms with van der Waals surface area (Å²) in [7, 11) is 0. The molecule has 0 unspecified atom stereocenters. The Labute approximate surface area is 136 Å². The van der Waals surface area contributed by atoms with Crippen LogP contribution < -0.4 is 5.43 Å². The van der Waals surface area contributed by atoms with E-state index in [1.54, 1.807) is 0 Å². The molecule has 0 fully saturated rings. The predicted octanol–water partition coefficient (Wildman–Crippen LogP) is 4.24. The van der Waals surface area contributed by atoms with Crippen LogP contribution in [-0.2, 0) is 0 Å². The maximum atomic E-state index is 4.62. The molecule has 0 atom stereocenters. The molecular weight excluding hydrogens is 284 g/mol. The number of hydrogen-bond acceptors (Lipinski definition) is 3. The van der Waals surface area contributed by atoms with Crippen molar-refractivity contribution in [2.75, 3.05) is 5.43 Å². The number of aryl methyl sites for hydroxylation is 2. The number of aromatic nitrogens is 2.